The molecule has 1 saturated heterocycles. The predicted octanol–water partition coefficient (Wildman–Crippen LogP) is 2.61. The second-order valence-corrected chi connectivity index (χ2v) is 10.5. The third-order valence-electron chi connectivity index (χ3n) is 5.19. The van der Waals surface area contributed by atoms with Gasteiger partial charge < -0.3 is 9.32 Å². The van der Waals surface area contributed by atoms with Crippen molar-refractivity contribution in [1.82, 2.24) is 19.1 Å². The Morgan fingerprint density at radius 2 is 1.94 bits per heavy atom. The van der Waals surface area contributed by atoms with E-state index >= 15 is 0 Å². The third-order valence-corrected chi connectivity index (χ3v) is 7.91. The van der Waals surface area contributed by atoms with Crippen LogP contribution in [0.3, 0.4) is 0 Å². The quantitative estimate of drug-likeness (QED) is 0.562. The number of furan rings is 1. The summed E-state index contributed by atoms with van der Waals surface area (Å²) < 4.78 is 31.3. The summed E-state index contributed by atoms with van der Waals surface area (Å²) in [6.07, 6.45) is 1.64. The summed E-state index contributed by atoms with van der Waals surface area (Å²) in [4.78, 5) is 21.7. The monoisotopic (exact) mass is 460 g/mol. The highest BCUT2D eigenvalue weighted by molar-refractivity contribution is 7.89. The van der Waals surface area contributed by atoms with Crippen molar-refractivity contribution >= 4 is 27.3 Å². The fraction of sp³-hybridized carbons (Fsp3) is 0.333. The van der Waals surface area contributed by atoms with Crippen molar-refractivity contribution in [3.8, 4) is 10.8 Å². The van der Waals surface area contributed by atoms with Crippen molar-refractivity contribution < 1.29 is 17.6 Å². The van der Waals surface area contributed by atoms with Gasteiger partial charge >= 0.3 is 0 Å². The summed E-state index contributed by atoms with van der Waals surface area (Å²) in [7, 11) is -0.629. The van der Waals surface area contributed by atoms with Gasteiger partial charge in [0.15, 0.2) is 10.8 Å². The minimum atomic E-state index is -3.58. The van der Waals surface area contributed by atoms with E-state index in [1.807, 2.05) is 17.5 Å². The van der Waals surface area contributed by atoms with Crippen LogP contribution in [0.25, 0.3) is 10.8 Å². The van der Waals surface area contributed by atoms with Crippen LogP contribution < -0.4 is 0 Å². The molecule has 31 heavy (non-hydrogen) atoms. The van der Waals surface area contributed by atoms with Crippen molar-refractivity contribution in [3.63, 3.8) is 0 Å². The number of benzene rings is 1. The van der Waals surface area contributed by atoms with Crippen molar-refractivity contribution in [2.75, 3.05) is 40.3 Å². The van der Waals surface area contributed by atoms with Crippen LogP contribution in [0.4, 0.5) is 0 Å². The highest BCUT2D eigenvalue weighted by Gasteiger charge is 2.25. The first kappa shape index (κ1) is 21.7. The maximum Gasteiger partial charge on any atom is 0.253 e. The predicted molar refractivity (Wildman–Crippen MR) is 118 cm³/mol. The number of sulfonamides is 1. The van der Waals surface area contributed by atoms with Crippen molar-refractivity contribution in [2.24, 2.45) is 0 Å². The molecule has 10 heteroatoms. The summed E-state index contributed by atoms with van der Waals surface area (Å²) in [5, 5.41) is 2.90. The Labute approximate surface area is 185 Å². The van der Waals surface area contributed by atoms with Crippen LogP contribution in [-0.4, -0.2) is 73.7 Å². The minimum absolute atomic E-state index is 0.123. The average Bonchev–Trinajstić information content (AvgIpc) is 3.46. The normalized spacial score (nSPS) is 15.5. The third kappa shape index (κ3) is 4.72. The first-order valence-electron chi connectivity index (χ1n) is 9.87. The van der Waals surface area contributed by atoms with Gasteiger partial charge in [0.05, 0.1) is 16.9 Å². The lowest BCUT2D eigenvalue weighted by atomic mass is 10.2. The Morgan fingerprint density at radius 1 is 1.16 bits per heavy atom. The molecular weight excluding hydrogens is 436 g/mol. The van der Waals surface area contributed by atoms with Gasteiger partial charge in [-0.25, -0.2) is 17.7 Å². The van der Waals surface area contributed by atoms with Crippen LogP contribution in [0.15, 0.2) is 57.4 Å². The maximum atomic E-state index is 12.9. The van der Waals surface area contributed by atoms with Crippen LogP contribution in [0.5, 0.6) is 0 Å². The van der Waals surface area contributed by atoms with E-state index < -0.39 is 10.0 Å². The first-order valence-corrected chi connectivity index (χ1v) is 12.2. The molecule has 0 spiro atoms. The van der Waals surface area contributed by atoms with Crippen molar-refractivity contribution in [1.29, 1.82) is 0 Å². The zero-order chi connectivity index (χ0) is 22.0. The lowest BCUT2D eigenvalue weighted by Gasteiger charge is -2.34. The van der Waals surface area contributed by atoms with E-state index in [9.17, 15) is 13.2 Å². The molecule has 3 heterocycles. The van der Waals surface area contributed by atoms with Gasteiger partial charge in [0.1, 0.15) is 0 Å². The molecule has 0 radical (unpaired) electrons. The second kappa shape index (κ2) is 8.91. The molecule has 1 fully saturated rings. The van der Waals surface area contributed by atoms with Crippen LogP contribution in [0, 0.1) is 0 Å². The largest absolute Gasteiger partial charge is 0.462 e. The number of carbonyl (C=O) groups is 1. The van der Waals surface area contributed by atoms with Gasteiger partial charge in [0.25, 0.3) is 5.91 Å². The summed E-state index contributed by atoms with van der Waals surface area (Å²) in [5.41, 5.74) is 1.37. The molecule has 1 aliphatic heterocycles. The van der Waals surface area contributed by atoms with Gasteiger partial charge in [-0.3, -0.25) is 9.69 Å². The van der Waals surface area contributed by atoms with E-state index in [1.54, 1.807) is 34.6 Å². The van der Waals surface area contributed by atoms with E-state index in [4.69, 9.17) is 4.42 Å². The molecule has 8 nitrogen and oxygen atoms in total. The molecule has 2 aromatic heterocycles. The number of hydrogen-bond donors (Lipinski definition) is 0. The molecule has 1 amide bonds. The number of piperazine rings is 1. The molecule has 0 atom stereocenters. The summed E-state index contributed by atoms with van der Waals surface area (Å²) >= 11 is 1.56. The standard InChI is InChI=1S/C21H24N4O4S2/c1-23(2)31(27,28)18-6-3-5-16(13-18)21(26)25-10-8-24(9-11-25)14-17-15-30-20(22-17)19-7-4-12-29-19/h3-7,12-13,15H,8-11,14H2,1-2H3. The van der Waals surface area contributed by atoms with Gasteiger partial charge in [-0.2, -0.15) is 0 Å². The van der Waals surface area contributed by atoms with Crippen LogP contribution >= 0.6 is 11.3 Å². The molecule has 0 bridgehead atoms. The summed E-state index contributed by atoms with van der Waals surface area (Å²) in [6, 6.07) is 9.97. The fourth-order valence-corrected chi connectivity index (χ4v) is 5.14. The van der Waals surface area contributed by atoms with E-state index in [0.717, 1.165) is 40.4 Å². The van der Waals surface area contributed by atoms with Gasteiger partial charge in [0, 0.05) is 57.8 Å². The van der Waals surface area contributed by atoms with Gasteiger partial charge in [-0.1, -0.05) is 6.07 Å². The Hall–Kier alpha value is -2.53. The Morgan fingerprint density at radius 3 is 2.61 bits per heavy atom. The van der Waals surface area contributed by atoms with Crippen LogP contribution in [-0.2, 0) is 16.6 Å². The molecule has 0 N–H and O–H groups in total. The van der Waals surface area contributed by atoms with E-state index in [1.165, 1.54) is 26.2 Å². The zero-order valence-electron chi connectivity index (χ0n) is 17.4. The number of rotatable bonds is 6. The molecule has 0 saturated carbocycles. The number of aromatic nitrogens is 1. The number of nitrogens with zero attached hydrogens (tertiary/aromatic N) is 4. The van der Waals surface area contributed by atoms with E-state index in [-0.39, 0.29) is 10.8 Å². The highest BCUT2D eigenvalue weighted by atomic mass is 32.2. The topological polar surface area (TPSA) is 87.0 Å². The molecular formula is C21H24N4O4S2. The SMILES string of the molecule is CN(C)S(=O)(=O)c1cccc(C(=O)N2CCN(Cc3csc(-c4ccco4)n3)CC2)c1. The van der Waals surface area contributed by atoms with E-state index in [0.29, 0.717) is 18.7 Å². The maximum absolute atomic E-state index is 12.9. The first-order chi connectivity index (χ1) is 14.8. The highest BCUT2D eigenvalue weighted by Crippen LogP contribution is 2.25. The average molecular weight is 461 g/mol. The number of thiazole rings is 1. The number of hydrogen-bond acceptors (Lipinski definition) is 7. The Kier molecular flexibility index (Phi) is 6.24. The second-order valence-electron chi connectivity index (χ2n) is 7.50. The summed E-state index contributed by atoms with van der Waals surface area (Å²) in [6.45, 7) is 3.34. The molecule has 164 valence electrons. The van der Waals surface area contributed by atoms with Gasteiger partial charge in [-0.15, -0.1) is 11.3 Å². The minimum Gasteiger partial charge on any atom is -0.462 e. The van der Waals surface area contributed by atoms with Gasteiger partial charge in [0.2, 0.25) is 10.0 Å². The molecule has 0 unspecified atom stereocenters. The van der Waals surface area contributed by atoms with Crippen LogP contribution in [0.1, 0.15) is 16.1 Å². The van der Waals surface area contributed by atoms with E-state index in [2.05, 4.69) is 9.88 Å². The van der Waals surface area contributed by atoms with Crippen molar-refractivity contribution in [2.45, 2.75) is 11.4 Å². The lowest BCUT2D eigenvalue weighted by molar-refractivity contribution is 0.0627. The molecule has 1 aromatic carbocycles. The zero-order valence-corrected chi connectivity index (χ0v) is 19.0. The smallest absolute Gasteiger partial charge is 0.253 e. The molecule has 1 aliphatic rings. The van der Waals surface area contributed by atoms with Gasteiger partial charge in [-0.05, 0) is 30.3 Å². The lowest BCUT2D eigenvalue weighted by Crippen LogP contribution is -2.48. The fourth-order valence-electron chi connectivity index (χ4n) is 3.41. The Bertz CT molecular complexity index is 1150. The van der Waals surface area contributed by atoms with Crippen LogP contribution in [0.2, 0.25) is 0 Å². The Balaban J connectivity index is 1.36. The molecule has 3 aromatic rings. The molecule has 4 rings (SSSR count). The summed E-state index contributed by atoms with van der Waals surface area (Å²) in [5.74, 6) is 0.620. The molecule has 0 aliphatic carbocycles. The van der Waals surface area contributed by atoms with Crippen molar-refractivity contribution in [3.05, 3.63) is 59.3 Å². The number of amides is 1. The number of carbonyl (C=O) groups excluding carboxylic acids is 1.